The third-order valence-corrected chi connectivity index (χ3v) is 6.81. The van der Waals surface area contributed by atoms with Gasteiger partial charge in [0.1, 0.15) is 29.8 Å². The van der Waals surface area contributed by atoms with Crippen LogP contribution in [-0.4, -0.2) is 63.5 Å². The zero-order chi connectivity index (χ0) is 29.3. The lowest BCUT2D eigenvalue weighted by Crippen LogP contribution is -2.61. The number of likely N-dealkylation sites (tertiary alicyclic amines) is 1. The number of nitrogens with zero attached hydrogens (tertiary/aromatic N) is 2. The van der Waals surface area contributed by atoms with Crippen LogP contribution in [0, 0.1) is 0 Å². The minimum atomic E-state index is -1.34. The molecule has 0 spiro atoms. The van der Waals surface area contributed by atoms with Gasteiger partial charge in [0.2, 0.25) is 11.8 Å². The van der Waals surface area contributed by atoms with Gasteiger partial charge in [-0.25, -0.2) is 9.59 Å². The third kappa shape index (κ3) is 8.53. The van der Waals surface area contributed by atoms with E-state index in [2.05, 4.69) is 15.6 Å². The fourth-order valence-electron chi connectivity index (χ4n) is 4.41. The van der Waals surface area contributed by atoms with Crippen LogP contribution in [0.15, 0.2) is 54.9 Å². The maximum atomic E-state index is 13.9. The van der Waals surface area contributed by atoms with Crippen molar-refractivity contribution in [1.29, 1.82) is 0 Å². The summed E-state index contributed by atoms with van der Waals surface area (Å²) in [6.07, 6.45) is 4.04. The normalized spacial score (nSPS) is 17.3. The molecule has 1 aromatic carbocycles. The van der Waals surface area contributed by atoms with Crippen molar-refractivity contribution in [3.8, 4) is 0 Å². The van der Waals surface area contributed by atoms with Gasteiger partial charge >= 0.3 is 12.1 Å². The molecule has 2 N–H and O–H groups in total. The molecule has 1 saturated heterocycles. The highest BCUT2D eigenvalue weighted by Gasteiger charge is 2.41. The Labute approximate surface area is 235 Å². The Balaban J connectivity index is 1.77. The smallest absolute Gasteiger partial charge is 0.408 e. The molecule has 1 aliphatic heterocycles. The summed E-state index contributed by atoms with van der Waals surface area (Å²) in [6.45, 7) is 9.02. The molecular weight excluding hydrogens is 512 g/mol. The molecule has 3 amide bonds. The van der Waals surface area contributed by atoms with Crippen LogP contribution in [0.25, 0.3) is 0 Å². The third-order valence-electron chi connectivity index (χ3n) is 6.81. The van der Waals surface area contributed by atoms with Crippen molar-refractivity contribution < 1.29 is 28.7 Å². The van der Waals surface area contributed by atoms with E-state index in [1.807, 2.05) is 30.3 Å². The fourth-order valence-corrected chi connectivity index (χ4v) is 4.41. The summed E-state index contributed by atoms with van der Waals surface area (Å²) in [5.41, 5.74) is -0.437. The minimum absolute atomic E-state index is 0.112. The Hall–Kier alpha value is -3.95. The van der Waals surface area contributed by atoms with Crippen molar-refractivity contribution >= 4 is 23.9 Å². The Morgan fingerprint density at radius 1 is 1.02 bits per heavy atom. The molecule has 40 heavy (non-hydrogen) atoms. The highest BCUT2D eigenvalue weighted by molar-refractivity contribution is 5.95. The number of hydrogen-bond acceptors (Lipinski definition) is 7. The maximum Gasteiger partial charge on any atom is 0.408 e. The van der Waals surface area contributed by atoms with E-state index in [9.17, 15) is 19.2 Å². The number of hydrogen-bond donors (Lipinski definition) is 2. The largest absolute Gasteiger partial charge is 0.459 e. The van der Waals surface area contributed by atoms with Crippen molar-refractivity contribution in [3.05, 3.63) is 66.0 Å². The van der Waals surface area contributed by atoms with E-state index in [0.29, 0.717) is 19.4 Å². The molecule has 2 heterocycles. The van der Waals surface area contributed by atoms with Gasteiger partial charge in [-0.15, -0.1) is 0 Å². The summed E-state index contributed by atoms with van der Waals surface area (Å²) in [7, 11) is 0. The summed E-state index contributed by atoms with van der Waals surface area (Å²) in [4.78, 5) is 58.4. The first kappa shape index (κ1) is 30.6. The molecule has 0 radical (unpaired) electrons. The molecule has 1 aromatic heterocycles. The van der Waals surface area contributed by atoms with E-state index in [1.54, 1.807) is 59.1 Å². The van der Waals surface area contributed by atoms with Gasteiger partial charge in [0, 0.05) is 25.4 Å². The van der Waals surface area contributed by atoms with Gasteiger partial charge in [-0.2, -0.15) is 0 Å². The fraction of sp³-hybridized carbons (Fsp3) is 0.500. The van der Waals surface area contributed by atoms with Gasteiger partial charge in [-0.3, -0.25) is 14.6 Å². The van der Waals surface area contributed by atoms with E-state index in [-0.39, 0.29) is 25.4 Å². The van der Waals surface area contributed by atoms with Crippen molar-refractivity contribution in [2.75, 3.05) is 6.54 Å². The molecular formula is C30H40N4O6. The first-order chi connectivity index (χ1) is 18.9. The molecule has 1 fully saturated rings. The summed E-state index contributed by atoms with van der Waals surface area (Å²) >= 11 is 0. The quantitative estimate of drug-likeness (QED) is 0.432. The second-order valence-corrected chi connectivity index (χ2v) is 11.2. The van der Waals surface area contributed by atoms with E-state index in [4.69, 9.17) is 9.47 Å². The van der Waals surface area contributed by atoms with Crippen LogP contribution >= 0.6 is 0 Å². The molecule has 0 aliphatic carbocycles. The SMILES string of the molecule is CC[C@](C)(NC(=O)OC(C)(C)C)C(=O)N[C@@H](Cc1ccncc1)C(=O)N1CCC[C@@H]1C(=O)OCc1ccccc1. The lowest BCUT2D eigenvalue weighted by atomic mass is 9.96. The van der Waals surface area contributed by atoms with E-state index in [1.165, 1.54) is 4.90 Å². The zero-order valence-corrected chi connectivity index (χ0v) is 23.9. The predicted octanol–water partition coefficient (Wildman–Crippen LogP) is 3.54. The Kier molecular flexibility index (Phi) is 10.3. The molecule has 0 unspecified atom stereocenters. The van der Waals surface area contributed by atoms with Gasteiger partial charge in [0.05, 0.1) is 0 Å². The number of carbonyl (C=O) groups is 4. The molecule has 0 saturated carbocycles. The van der Waals surface area contributed by atoms with Crippen LogP contribution in [0.1, 0.15) is 65.0 Å². The second kappa shape index (κ2) is 13.4. The predicted molar refractivity (Wildman–Crippen MR) is 149 cm³/mol. The maximum absolute atomic E-state index is 13.9. The van der Waals surface area contributed by atoms with Crippen molar-refractivity contribution in [1.82, 2.24) is 20.5 Å². The number of benzene rings is 1. The molecule has 10 heteroatoms. The zero-order valence-electron chi connectivity index (χ0n) is 23.9. The number of ether oxygens (including phenoxy) is 2. The number of nitrogens with one attached hydrogen (secondary N) is 2. The van der Waals surface area contributed by atoms with E-state index < -0.39 is 41.2 Å². The Morgan fingerprint density at radius 2 is 1.70 bits per heavy atom. The molecule has 216 valence electrons. The van der Waals surface area contributed by atoms with Gasteiger partial charge in [-0.05, 0) is 70.2 Å². The standard InChI is InChI=1S/C30H40N4O6/c1-6-30(5,33-28(38)40-29(2,3)4)27(37)32-23(19-21-14-16-31-17-15-21)25(35)34-18-10-13-24(34)26(36)39-20-22-11-8-7-9-12-22/h7-9,11-12,14-17,23-24H,6,10,13,18-20H2,1-5H3,(H,32,37)(H,33,38)/t23-,24+,30-/m0/s1. The number of alkyl carbamates (subject to hydrolysis) is 1. The molecule has 0 bridgehead atoms. The summed E-state index contributed by atoms with van der Waals surface area (Å²) < 4.78 is 10.9. The monoisotopic (exact) mass is 552 g/mol. The average molecular weight is 553 g/mol. The number of pyridine rings is 1. The van der Waals surface area contributed by atoms with Crippen LogP contribution in [0.2, 0.25) is 0 Å². The molecule has 2 aromatic rings. The average Bonchev–Trinajstić information content (AvgIpc) is 3.41. The topological polar surface area (TPSA) is 127 Å². The highest BCUT2D eigenvalue weighted by Crippen LogP contribution is 2.22. The van der Waals surface area contributed by atoms with Gasteiger partial charge < -0.3 is 25.0 Å². The minimum Gasteiger partial charge on any atom is -0.459 e. The number of amides is 3. The Bertz CT molecular complexity index is 1170. The van der Waals surface area contributed by atoms with Gasteiger partial charge in [0.25, 0.3) is 0 Å². The van der Waals surface area contributed by atoms with Gasteiger partial charge in [-0.1, -0.05) is 37.3 Å². The van der Waals surface area contributed by atoms with Crippen LogP contribution < -0.4 is 10.6 Å². The van der Waals surface area contributed by atoms with Crippen LogP contribution in [0.4, 0.5) is 4.79 Å². The van der Waals surface area contributed by atoms with Crippen LogP contribution in [0.3, 0.4) is 0 Å². The van der Waals surface area contributed by atoms with Crippen molar-refractivity contribution in [2.45, 2.75) is 90.1 Å². The first-order valence-corrected chi connectivity index (χ1v) is 13.6. The van der Waals surface area contributed by atoms with E-state index >= 15 is 0 Å². The van der Waals surface area contributed by atoms with Gasteiger partial charge in [0.15, 0.2) is 0 Å². The highest BCUT2D eigenvalue weighted by atomic mass is 16.6. The molecule has 3 rings (SSSR count). The van der Waals surface area contributed by atoms with E-state index in [0.717, 1.165) is 11.1 Å². The lowest BCUT2D eigenvalue weighted by molar-refractivity contribution is -0.155. The molecule has 10 nitrogen and oxygen atoms in total. The lowest BCUT2D eigenvalue weighted by Gasteiger charge is -2.33. The summed E-state index contributed by atoms with van der Waals surface area (Å²) in [5, 5.41) is 5.50. The van der Waals surface area contributed by atoms with Crippen molar-refractivity contribution in [3.63, 3.8) is 0 Å². The number of aromatic nitrogens is 1. The first-order valence-electron chi connectivity index (χ1n) is 13.6. The number of carbonyl (C=O) groups excluding carboxylic acids is 4. The second-order valence-electron chi connectivity index (χ2n) is 11.2. The molecule has 1 aliphatic rings. The number of rotatable bonds is 10. The van der Waals surface area contributed by atoms with Crippen LogP contribution in [0.5, 0.6) is 0 Å². The number of esters is 1. The van der Waals surface area contributed by atoms with Crippen molar-refractivity contribution in [2.24, 2.45) is 0 Å². The summed E-state index contributed by atoms with van der Waals surface area (Å²) in [6, 6.07) is 11.1. The molecule has 3 atom stereocenters. The Morgan fingerprint density at radius 3 is 2.33 bits per heavy atom. The summed E-state index contributed by atoms with van der Waals surface area (Å²) in [5.74, 6) is -1.40. The van der Waals surface area contributed by atoms with Crippen LogP contribution in [-0.2, 0) is 36.9 Å².